The minimum atomic E-state index is -0.136. The van der Waals surface area contributed by atoms with Crippen molar-refractivity contribution in [2.75, 3.05) is 12.3 Å². The van der Waals surface area contributed by atoms with Crippen molar-refractivity contribution in [3.8, 4) is 0 Å². The molecule has 3 heteroatoms. The van der Waals surface area contributed by atoms with Gasteiger partial charge >= 0.3 is 0 Å². The van der Waals surface area contributed by atoms with E-state index >= 15 is 0 Å². The van der Waals surface area contributed by atoms with Gasteiger partial charge in [0, 0.05) is 4.90 Å². The molecule has 13 heavy (non-hydrogen) atoms. The highest BCUT2D eigenvalue weighted by Gasteiger charge is 1.98. The van der Waals surface area contributed by atoms with Crippen LogP contribution in [-0.4, -0.2) is 12.3 Å². The molecule has 0 atom stereocenters. The largest absolute Gasteiger partial charge is 0.330 e. The van der Waals surface area contributed by atoms with Crippen LogP contribution in [0, 0.1) is 12.7 Å². The van der Waals surface area contributed by atoms with Gasteiger partial charge in [-0.3, -0.25) is 0 Å². The molecule has 2 N–H and O–H groups in total. The van der Waals surface area contributed by atoms with Crippen LogP contribution in [0.25, 0.3) is 0 Å². The van der Waals surface area contributed by atoms with E-state index in [9.17, 15) is 4.39 Å². The normalized spacial score (nSPS) is 10.4. The van der Waals surface area contributed by atoms with Crippen molar-refractivity contribution < 1.29 is 4.39 Å². The van der Waals surface area contributed by atoms with Crippen LogP contribution in [0.1, 0.15) is 12.0 Å². The van der Waals surface area contributed by atoms with Gasteiger partial charge in [0.2, 0.25) is 0 Å². The Morgan fingerprint density at radius 3 is 2.85 bits per heavy atom. The first-order valence-corrected chi connectivity index (χ1v) is 5.31. The molecule has 0 bridgehead atoms. The summed E-state index contributed by atoms with van der Waals surface area (Å²) in [5.41, 5.74) is 6.08. The van der Waals surface area contributed by atoms with E-state index in [0.717, 1.165) is 17.1 Å². The van der Waals surface area contributed by atoms with E-state index in [1.807, 2.05) is 12.1 Å². The predicted octanol–water partition coefficient (Wildman–Crippen LogP) is 2.58. The van der Waals surface area contributed by atoms with Crippen molar-refractivity contribution in [3.05, 3.63) is 29.6 Å². The van der Waals surface area contributed by atoms with Crippen LogP contribution in [0.5, 0.6) is 0 Å². The van der Waals surface area contributed by atoms with Gasteiger partial charge in [-0.05, 0) is 49.4 Å². The topological polar surface area (TPSA) is 26.0 Å². The SMILES string of the molecule is Cc1cc(SCCCN)ccc1F. The van der Waals surface area contributed by atoms with E-state index in [0.29, 0.717) is 12.1 Å². The summed E-state index contributed by atoms with van der Waals surface area (Å²) < 4.78 is 12.9. The summed E-state index contributed by atoms with van der Waals surface area (Å²) in [6.07, 6.45) is 1.00. The number of rotatable bonds is 4. The molecule has 0 aliphatic heterocycles. The zero-order valence-electron chi connectivity index (χ0n) is 7.72. The third-order valence-electron chi connectivity index (χ3n) is 1.75. The lowest BCUT2D eigenvalue weighted by molar-refractivity contribution is 0.617. The van der Waals surface area contributed by atoms with Crippen molar-refractivity contribution in [2.45, 2.75) is 18.2 Å². The van der Waals surface area contributed by atoms with Gasteiger partial charge in [-0.1, -0.05) is 0 Å². The molecule has 0 aliphatic carbocycles. The molecule has 0 aliphatic rings. The molecule has 0 spiro atoms. The maximum absolute atomic E-state index is 12.9. The van der Waals surface area contributed by atoms with E-state index < -0.39 is 0 Å². The zero-order chi connectivity index (χ0) is 9.68. The molecule has 0 amide bonds. The molecule has 0 unspecified atom stereocenters. The lowest BCUT2D eigenvalue weighted by Crippen LogP contribution is -1.99. The molecular weight excluding hydrogens is 185 g/mol. The van der Waals surface area contributed by atoms with E-state index in [2.05, 4.69) is 0 Å². The van der Waals surface area contributed by atoms with Crippen molar-refractivity contribution in [1.29, 1.82) is 0 Å². The first-order chi connectivity index (χ1) is 6.24. The second-order valence-electron chi connectivity index (χ2n) is 2.90. The summed E-state index contributed by atoms with van der Waals surface area (Å²) >= 11 is 1.72. The quantitative estimate of drug-likeness (QED) is 0.596. The van der Waals surface area contributed by atoms with Crippen LogP contribution in [0.3, 0.4) is 0 Å². The average molecular weight is 199 g/mol. The van der Waals surface area contributed by atoms with Crippen molar-refractivity contribution in [1.82, 2.24) is 0 Å². The minimum Gasteiger partial charge on any atom is -0.330 e. The molecule has 1 aromatic rings. The number of halogens is 1. The second-order valence-corrected chi connectivity index (χ2v) is 4.07. The predicted molar refractivity (Wildman–Crippen MR) is 55.5 cm³/mol. The highest BCUT2D eigenvalue weighted by molar-refractivity contribution is 7.99. The summed E-state index contributed by atoms with van der Waals surface area (Å²) in [4.78, 5) is 1.12. The Hall–Kier alpha value is -0.540. The molecule has 0 radical (unpaired) electrons. The average Bonchev–Trinajstić information content (AvgIpc) is 2.12. The number of hydrogen-bond acceptors (Lipinski definition) is 2. The third-order valence-corrected chi connectivity index (χ3v) is 2.83. The highest BCUT2D eigenvalue weighted by Crippen LogP contribution is 2.20. The summed E-state index contributed by atoms with van der Waals surface area (Å²) in [5.74, 6) is 0.866. The van der Waals surface area contributed by atoms with Crippen molar-refractivity contribution in [2.24, 2.45) is 5.73 Å². The second kappa shape index (κ2) is 5.25. The number of benzene rings is 1. The van der Waals surface area contributed by atoms with Crippen LogP contribution >= 0.6 is 11.8 Å². The van der Waals surface area contributed by atoms with Gasteiger partial charge in [0.15, 0.2) is 0 Å². The molecule has 1 aromatic carbocycles. The number of nitrogens with two attached hydrogens (primary N) is 1. The number of hydrogen-bond donors (Lipinski definition) is 1. The zero-order valence-corrected chi connectivity index (χ0v) is 8.53. The highest BCUT2D eigenvalue weighted by atomic mass is 32.2. The number of thioether (sulfide) groups is 1. The minimum absolute atomic E-state index is 0.136. The first kappa shape index (κ1) is 10.5. The van der Waals surface area contributed by atoms with Crippen LogP contribution in [-0.2, 0) is 0 Å². The molecule has 72 valence electrons. The Kier molecular flexibility index (Phi) is 4.25. The Morgan fingerprint density at radius 1 is 1.46 bits per heavy atom. The fraction of sp³-hybridized carbons (Fsp3) is 0.400. The molecule has 0 saturated carbocycles. The Bertz CT molecular complexity index is 276. The summed E-state index contributed by atoms with van der Waals surface area (Å²) in [5, 5.41) is 0. The molecule has 1 rings (SSSR count). The third kappa shape index (κ3) is 3.36. The Morgan fingerprint density at radius 2 is 2.23 bits per heavy atom. The number of aryl methyl sites for hydroxylation is 1. The first-order valence-electron chi connectivity index (χ1n) is 4.33. The fourth-order valence-electron chi connectivity index (χ4n) is 0.980. The standard InChI is InChI=1S/C10H14FNS/c1-8-7-9(3-4-10(8)11)13-6-2-5-12/h3-4,7H,2,5-6,12H2,1H3. The Labute approximate surface area is 82.5 Å². The fourth-order valence-corrected chi connectivity index (χ4v) is 1.95. The van der Waals surface area contributed by atoms with Gasteiger partial charge in [0.05, 0.1) is 0 Å². The van der Waals surface area contributed by atoms with E-state index in [1.165, 1.54) is 6.07 Å². The maximum atomic E-state index is 12.9. The summed E-state index contributed by atoms with van der Waals surface area (Å²) in [6, 6.07) is 5.19. The van der Waals surface area contributed by atoms with Gasteiger partial charge in [-0.25, -0.2) is 4.39 Å². The lowest BCUT2D eigenvalue weighted by atomic mass is 10.2. The smallest absolute Gasteiger partial charge is 0.126 e. The van der Waals surface area contributed by atoms with Gasteiger partial charge in [0.25, 0.3) is 0 Å². The van der Waals surface area contributed by atoms with Crippen molar-refractivity contribution >= 4 is 11.8 Å². The summed E-state index contributed by atoms with van der Waals surface area (Å²) in [7, 11) is 0. The van der Waals surface area contributed by atoms with E-state index in [4.69, 9.17) is 5.73 Å². The van der Waals surface area contributed by atoms with Crippen LogP contribution in [0.4, 0.5) is 4.39 Å². The Balaban J connectivity index is 2.53. The molecule has 0 saturated heterocycles. The summed E-state index contributed by atoms with van der Waals surface area (Å²) in [6.45, 7) is 2.50. The lowest BCUT2D eigenvalue weighted by Gasteiger charge is -2.02. The monoisotopic (exact) mass is 199 g/mol. The molecule has 0 aromatic heterocycles. The van der Waals surface area contributed by atoms with Crippen molar-refractivity contribution in [3.63, 3.8) is 0 Å². The van der Waals surface area contributed by atoms with Crippen LogP contribution < -0.4 is 5.73 Å². The molecule has 0 heterocycles. The van der Waals surface area contributed by atoms with E-state index in [1.54, 1.807) is 18.7 Å². The molecule has 0 fully saturated rings. The van der Waals surface area contributed by atoms with Crippen LogP contribution in [0.15, 0.2) is 23.1 Å². The maximum Gasteiger partial charge on any atom is 0.126 e. The van der Waals surface area contributed by atoms with E-state index in [-0.39, 0.29) is 5.82 Å². The van der Waals surface area contributed by atoms with Gasteiger partial charge < -0.3 is 5.73 Å². The van der Waals surface area contributed by atoms with Gasteiger partial charge in [-0.15, -0.1) is 11.8 Å². The van der Waals surface area contributed by atoms with Crippen LogP contribution in [0.2, 0.25) is 0 Å². The molecular formula is C10H14FNS. The van der Waals surface area contributed by atoms with Gasteiger partial charge in [-0.2, -0.15) is 0 Å². The molecule has 1 nitrogen and oxygen atoms in total. The van der Waals surface area contributed by atoms with Gasteiger partial charge in [0.1, 0.15) is 5.82 Å².